The molecule has 106 valence electrons. The van der Waals surface area contributed by atoms with Gasteiger partial charge in [-0.3, -0.25) is 9.79 Å². The van der Waals surface area contributed by atoms with Crippen molar-refractivity contribution in [1.29, 1.82) is 5.26 Å². The molecule has 2 atom stereocenters. The highest BCUT2D eigenvalue weighted by atomic mass is 79.9. The van der Waals surface area contributed by atoms with E-state index >= 15 is 0 Å². The molecule has 0 amide bonds. The second-order valence-corrected chi connectivity index (χ2v) is 6.06. The first-order chi connectivity index (χ1) is 9.53. The Balaban J connectivity index is 3.01. The summed E-state index contributed by atoms with van der Waals surface area (Å²) in [6, 6.07) is 9.97. The van der Waals surface area contributed by atoms with E-state index in [0.717, 1.165) is 28.2 Å². The molecular formula is C15H17BrN2OS. The molecule has 0 saturated heterocycles. The van der Waals surface area contributed by atoms with Crippen molar-refractivity contribution in [2.45, 2.75) is 26.3 Å². The van der Waals surface area contributed by atoms with E-state index in [1.807, 2.05) is 37.3 Å². The molecular weight excluding hydrogens is 336 g/mol. The van der Waals surface area contributed by atoms with Crippen LogP contribution in [0.2, 0.25) is 0 Å². The number of nitriles is 1. The van der Waals surface area contributed by atoms with E-state index in [2.05, 4.69) is 20.9 Å². The highest BCUT2D eigenvalue weighted by molar-refractivity contribution is 9.10. The molecule has 1 rings (SSSR count). The molecule has 5 heteroatoms. The first kappa shape index (κ1) is 16.9. The Morgan fingerprint density at radius 3 is 2.50 bits per heavy atom. The third-order valence-electron chi connectivity index (χ3n) is 2.98. The number of hydrogen-bond donors (Lipinski definition) is 0. The lowest BCUT2D eigenvalue weighted by atomic mass is 10.0. The summed E-state index contributed by atoms with van der Waals surface area (Å²) in [6.45, 7) is 3.80. The largest absolute Gasteiger partial charge is 0.285 e. The monoisotopic (exact) mass is 352 g/mol. The summed E-state index contributed by atoms with van der Waals surface area (Å²) in [6.07, 6.45) is 2.51. The molecule has 1 aromatic carbocycles. The minimum atomic E-state index is -0.755. The van der Waals surface area contributed by atoms with Gasteiger partial charge in [-0.1, -0.05) is 46.7 Å². The molecule has 3 nitrogen and oxygen atoms in total. The minimum absolute atomic E-state index is 0.0198. The van der Waals surface area contributed by atoms with E-state index in [1.165, 1.54) is 0 Å². The maximum Gasteiger partial charge on any atom is 0.211 e. The van der Waals surface area contributed by atoms with Crippen LogP contribution >= 0.6 is 27.7 Å². The summed E-state index contributed by atoms with van der Waals surface area (Å²) < 4.78 is 1.02. The van der Waals surface area contributed by atoms with E-state index in [9.17, 15) is 4.79 Å². The fraction of sp³-hybridized carbons (Fsp3) is 0.400. The van der Waals surface area contributed by atoms with E-state index in [1.54, 1.807) is 13.2 Å². The van der Waals surface area contributed by atoms with Gasteiger partial charge in [-0.2, -0.15) is 5.26 Å². The molecule has 0 radical (unpaired) electrons. The lowest BCUT2D eigenvalue weighted by Crippen LogP contribution is -2.18. The Morgan fingerprint density at radius 1 is 1.45 bits per heavy atom. The number of thioether (sulfide) groups is 1. The maximum absolute atomic E-state index is 11.7. The number of carbonyl (C=O) groups is 1. The van der Waals surface area contributed by atoms with Gasteiger partial charge in [0.25, 0.3) is 0 Å². The summed E-state index contributed by atoms with van der Waals surface area (Å²) in [5.74, 6) is -0.755. The van der Waals surface area contributed by atoms with Crippen molar-refractivity contribution in [3.8, 4) is 6.07 Å². The summed E-state index contributed by atoms with van der Waals surface area (Å²) in [4.78, 5) is 16.3. The third kappa shape index (κ3) is 4.46. The van der Waals surface area contributed by atoms with Crippen LogP contribution in [-0.4, -0.2) is 17.1 Å². The first-order valence-electron chi connectivity index (χ1n) is 6.30. The third-order valence-corrected chi connectivity index (χ3v) is 4.15. The Labute approximate surface area is 132 Å². The normalized spacial score (nSPS) is 14.4. The lowest BCUT2D eigenvalue weighted by molar-refractivity contribution is -0.111. The zero-order valence-corrected chi connectivity index (χ0v) is 14.2. The number of halogens is 1. The second kappa shape index (κ2) is 8.23. The molecule has 20 heavy (non-hydrogen) atoms. The Morgan fingerprint density at radius 2 is 2.05 bits per heavy atom. The van der Waals surface area contributed by atoms with Gasteiger partial charge in [-0.15, -0.1) is 0 Å². The van der Waals surface area contributed by atoms with Crippen LogP contribution in [0.4, 0.5) is 0 Å². The van der Waals surface area contributed by atoms with Crippen LogP contribution in [0.25, 0.3) is 0 Å². The van der Waals surface area contributed by atoms with Crippen LogP contribution in [0, 0.1) is 17.2 Å². The lowest BCUT2D eigenvalue weighted by Gasteiger charge is -2.14. The van der Waals surface area contributed by atoms with Crippen molar-refractivity contribution in [2.24, 2.45) is 10.9 Å². The van der Waals surface area contributed by atoms with Crippen molar-refractivity contribution < 1.29 is 4.79 Å². The predicted molar refractivity (Wildman–Crippen MR) is 87.9 cm³/mol. The van der Waals surface area contributed by atoms with Crippen molar-refractivity contribution in [1.82, 2.24) is 0 Å². The Bertz CT molecular complexity index is 534. The molecule has 0 aromatic heterocycles. The molecule has 0 bridgehead atoms. The van der Waals surface area contributed by atoms with E-state index < -0.39 is 5.92 Å². The highest BCUT2D eigenvalue weighted by Gasteiger charge is 2.21. The average molecular weight is 353 g/mol. The fourth-order valence-electron chi connectivity index (χ4n) is 1.84. The van der Waals surface area contributed by atoms with Crippen LogP contribution in [0.3, 0.4) is 0 Å². The topological polar surface area (TPSA) is 53.2 Å². The van der Waals surface area contributed by atoms with E-state index in [-0.39, 0.29) is 11.2 Å². The molecule has 0 N–H and O–H groups in total. The van der Waals surface area contributed by atoms with Gasteiger partial charge < -0.3 is 0 Å². The Hall–Kier alpha value is -1.12. The van der Waals surface area contributed by atoms with Crippen LogP contribution in [0.1, 0.15) is 31.9 Å². The van der Waals surface area contributed by atoms with Gasteiger partial charge in [-0.25, -0.2) is 0 Å². The quantitative estimate of drug-likeness (QED) is 0.738. The summed E-state index contributed by atoms with van der Waals surface area (Å²) in [7, 11) is 0. The predicted octanol–water partition coefficient (Wildman–Crippen LogP) is 4.39. The molecule has 0 aliphatic rings. The molecule has 0 fully saturated rings. The average Bonchev–Trinajstić information content (AvgIpc) is 2.46. The minimum Gasteiger partial charge on any atom is -0.285 e. The molecule has 2 unspecified atom stereocenters. The molecule has 1 aromatic rings. The van der Waals surface area contributed by atoms with Gasteiger partial charge >= 0.3 is 0 Å². The zero-order valence-electron chi connectivity index (χ0n) is 11.8. The number of benzene rings is 1. The smallest absolute Gasteiger partial charge is 0.211 e. The van der Waals surface area contributed by atoms with Crippen LogP contribution in [0.5, 0.6) is 0 Å². The van der Waals surface area contributed by atoms with Crippen LogP contribution < -0.4 is 0 Å². The standard InChI is InChI=1S/C15H17BrN2OS/c1-4-14(11-5-7-12(16)8-6-11)18-10(2)13(9-17)15(19)20-3/h5-8,13-14H,4H2,1-3H3. The van der Waals surface area contributed by atoms with E-state index in [0.29, 0.717) is 5.71 Å². The number of rotatable bonds is 5. The van der Waals surface area contributed by atoms with Crippen LogP contribution in [0.15, 0.2) is 33.7 Å². The number of hydrogen-bond acceptors (Lipinski definition) is 4. The van der Waals surface area contributed by atoms with Gasteiger partial charge in [0.2, 0.25) is 5.12 Å². The fourth-order valence-corrected chi connectivity index (χ4v) is 2.56. The SMILES string of the molecule is CCC(N=C(C)C(C#N)C(=O)SC)c1ccc(Br)cc1. The summed E-state index contributed by atoms with van der Waals surface area (Å²) in [5, 5.41) is 8.97. The van der Waals surface area contributed by atoms with Gasteiger partial charge in [0.05, 0.1) is 12.1 Å². The Kier molecular flexibility index (Phi) is 6.97. The second-order valence-electron chi connectivity index (χ2n) is 4.33. The maximum atomic E-state index is 11.7. The van der Waals surface area contributed by atoms with Crippen molar-refractivity contribution in [3.63, 3.8) is 0 Å². The van der Waals surface area contributed by atoms with Crippen molar-refractivity contribution >= 4 is 38.5 Å². The first-order valence-corrected chi connectivity index (χ1v) is 8.32. The molecule has 0 saturated carbocycles. The molecule has 0 spiro atoms. The van der Waals surface area contributed by atoms with Gasteiger partial charge in [0, 0.05) is 10.2 Å². The highest BCUT2D eigenvalue weighted by Crippen LogP contribution is 2.24. The van der Waals surface area contributed by atoms with Gasteiger partial charge in [0.1, 0.15) is 0 Å². The summed E-state index contributed by atoms with van der Waals surface area (Å²) in [5.41, 5.74) is 1.67. The number of carbonyl (C=O) groups excluding carboxylic acids is 1. The van der Waals surface area contributed by atoms with Crippen LogP contribution in [-0.2, 0) is 4.79 Å². The van der Waals surface area contributed by atoms with Gasteiger partial charge in [0.15, 0.2) is 5.92 Å². The van der Waals surface area contributed by atoms with Crippen molar-refractivity contribution in [2.75, 3.05) is 6.26 Å². The molecule has 0 aliphatic carbocycles. The molecule has 0 heterocycles. The summed E-state index contributed by atoms with van der Waals surface area (Å²) >= 11 is 4.47. The molecule has 0 aliphatic heterocycles. The number of nitrogens with zero attached hydrogens (tertiary/aromatic N) is 2. The van der Waals surface area contributed by atoms with E-state index in [4.69, 9.17) is 5.26 Å². The zero-order chi connectivity index (χ0) is 15.1. The van der Waals surface area contributed by atoms with Gasteiger partial charge in [-0.05, 0) is 37.3 Å². The van der Waals surface area contributed by atoms with Crippen molar-refractivity contribution in [3.05, 3.63) is 34.3 Å². The number of aliphatic imine (C=N–C) groups is 1.